The predicted molar refractivity (Wildman–Crippen MR) is 123 cm³/mol. The van der Waals surface area contributed by atoms with Crippen molar-refractivity contribution in [1.29, 1.82) is 0 Å². The number of nitrogens with zero attached hydrogens (tertiary/aromatic N) is 5. The monoisotopic (exact) mass is 447 g/mol. The fraction of sp³-hybridized carbons (Fsp3) is 0.167. The molecule has 0 atom stereocenters. The van der Waals surface area contributed by atoms with E-state index >= 15 is 0 Å². The average molecular weight is 448 g/mol. The minimum Gasteiger partial charge on any atom is -0.341 e. The van der Waals surface area contributed by atoms with Crippen molar-refractivity contribution < 1.29 is 9.18 Å². The molecule has 4 aromatic rings. The minimum atomic E-state index is -0.325. The molecular formula is C24H22FN5OS. The summed E-state index contributed by atoms with van der Waals surface area (Å²) in [7, 11) is 1.79. The third kappa shape index (κ3) is 4.86. The van der Waals surface area contributed by atoms with Crippen molar-refractivity contribution in [2.24, 2.45) is 0 Å². The molecule has 4 rings (SSSR count). The number of halogens is 1. The number of carbonyl (C=O) groups is 1. The first-order valence-electron chi connectivity index (χ1n) is 10.1. The Hall–Kier alpha value is -3.52. The van der Waals surface area contributed by atoms with Crippen LogP contribution in [0, 0.1) is 12.7 Å². The SMILES string of the molecule is Cc1ccccc1CN(C)C(=O)CSc1nnc(-c2ccncc2)n1-c1ccc(F)cc1. The van der Waals surface area contributed by atoms with E-state index in [-0.39, 0.29) is 17.5 Å². The number of aromatic nitrogens is 4. The molecule has 8 heteroatoms. The van der Waals surface area contributed by atoms with Gasteiger partial charge in [-0.15, -0.1) is 10.2 Å². The lowest BCUT2D eigenvalue weighted by molar-refractivity contribution is -0.127. The van der Waals surface area contributed by atoms with E-state index in [9.17, 15) is 9.18 Å². The maximum Gasteiger partial charge on any atom is 0.233 e. The summed E-state index contributed by atoms with van der Waals surface area (Å²) in [6.45, 7) is 2.58. The molecule has 0 fully saturated rings. The molecule has 0 aliphatic carbocycles. The molecule has 6 nitrogen and oxygen atoms in total. The van der Waals surface area contributed by atoms with E-state index in [1.165, 1.54) is 23.9 Å². The van der Waals surface area contributed by atoms with Crippen molar-refractivity contribution in [2.45, 2.75) is 18.6 Å². The number of pyridine rings is 1. The average Bonchev–Trinajstić information content (AvgIpc) is 3.24. The molecule has 0 N–H and O–H groups in total. The fourth-order valence-electron chi connectivity index (χ4n) is 3.24. The van der Waals surface area contributed by atoms with Crippen LogP contribution in [-0.4, -0.2) is 43.4 Å². The zero-order valence-corrected chi connectivity index (χ0v) is 18.6. The first kappa shape index (κ1) is 21.7. The van der Waals surface area contributed by atoms with Crippen LogP contribution in [0.25, 0.3) is 17.1 Å². The number of benzene rings is 2. The summed E-state index contributed by atoms with van der Waals surface area (Å²) in [6.07, 6.45) is 3.35. The van der Waals surface area contributed by atoms with Crippen molar-refractivity contribution in [3.05, 3.63) is 90.0 Å². The second-order valence-corrected chi connectivity index (χ2v) is 8.26. The zero-order chi connectivity index (χ0) is 22.5. The van der Waals surface area contributed by atoms with Crippen molar-refractivity contribution in [3.8, 4) is 17.1 Å². The van der Waals surface area contributed by atoms with Crippen LogP contribution in [0.2, 0.25) is 0 Å². The Kier molecular flexibility index (Phi) is 6.61. The Labute approximate surface area is 190 Å². The highest BCUT2D eigenvalue weighted by molar-refractivity contribution is 7.99. The van der Waals surface area contributed by atoms with Gasteiger partial charge in [0.25, 0.3) is 0 Å². The van der Waals surface area contributed by atoms with Gasteiger partial charge in [0.1, 0.15) is 5.82 Å². The molecular weight excluding hydrogens is 425 g/mol. The zero-order valence-electron chi connectivity index (χ0n) is 17.8. The van der Waals surface area contributed by atoms with Gasteiger partial charge in [-0.3, -0.25) is 14.3 Å². The van der Waals surface area contributed by atoms with Gasteiger partial charge in [0, 0.05) is 37.2 Å². The Morgan fingerprint density at radius 2 is 1.75 bits per heavy atom. The van der Waals surface area contributed by atoms with Gasteiger partial charge in [0.15, 0.2) is 11.0 Å². The van der Waals surface area contributed by atoms with E-state index in [0.29, 0.717) is 23.2 Å². The van der Waals surface area contributed by atoms with Crippen molar-refractivity contribution in [2.75, 3.05) is 12.8 Å². The van der Waals surface area contributed by atoms with Gasteiger partial charge in [-0.25, -0.2) is 4.39 Å². The molecule has 1 amide bonds. The third-order valence-electron chi connectivity index (χ3n) is 5.08. The summed E-state index contributed by atoms with van der Waals surface area (Å²) in [5.41, 5.74) is 3.80. The number of carbonyl (C=O) groups excluding carboxylic acids is 1. The van der Waals surface area contributed by atoms with E-state index in [1.54, 1.807) is 36.5 Å². The second kappa shape index (κ2) is 9.74. The number of amides is 1. The summed E-state index contributed by atoms with van der Waals surface area (Å²) in [5, 5.41) is 9.20. The largest absolute Gasteiger partial charge is 0.341 e. The number of hydrogen-bond donors (Lipinski definition) is 0. The topological polar surface area (TPSA) is 63.9 Å². The summed E-state index contributed by atoms with van der Waals surface area (Å²) in [5.74, 6) is 0.465. The van der Waals surface area contributed by atoms with Crippen LogP contribution >= 0.6 is 11.8 Å². The number of thioether (sulfide) groups is 1. The first-order chi connectivity index (χ1) is 15.5. The summed E-state index contributed by atoms with van der Waals surface area (Å²) < 4.78 is 15.3. The lowest BCUT2D eigenvalue weighted by Crippen LogP contribution is -2.28. The normalized spacial score (nSPS) is 10.8. The maximum atomic E-state index is 13.5. The molecule has 2 aromatic carbocycles. The highest BCUT2D eigenvalue weighted by Gasteiger charge is 2.19. The van der Waals surface area contributed by atoms with E-state index < -0.39 is 0 Å². The van der Waals surface area contributed by atoms with Gasteiger partial charge in [0.2, 0.25) is 5.91 Å². The van der Waals surface area contributed by atoms with Gasteiger partial charge in [-0.1, -0.05) is 36.0 Å². The number of hydrogen-bond acceptors (Lipinski definition) is 5. The summed E-state index contributed by atoms with van der Waals surface area (Å²) in [4.78, 5) is 18.5. The Morgan fingerprint density at radius 3 is 2.47 bits per heavy atom. The Morgan fingerprint density at radius 1 is 1.03 bits per heavy atom. The standard InChI is InChI=1S/C24H22FN5OS/c1-17-5-3-4-6-19(17)15-29(2)22(31)16-32-24-28-27-23(18-11-13-26-14-12-18)30(24)21-9-7-20(25)8-10-21/h3-14H,15-16H2,1-2H3. The van der Waals surface area contributed by atoms with Crippen LogP contribution in [0.5, 0.6) is 0 Å². The van der Waals surface area contributed by atoms with Crippen molar-refractivity contribution >= 4 is 17.7 Å². The van der Waals surface area contributed by atoms with E-state index in [4.69, 9.17) is 0 Å². The maximum absolute atomic E-state index is 13.5. The fourth-order valence-corrected chi connectivity index (χ4v) is 4.13. The number of rotatable bonds is 7. The van der Waals surface area contributed by atoms with Crippen LogP contribution in [0.1, 0.15) is 11.1 Å². The van der Waals surface area contributed by atoms with Crippen LogP contribution in [0.4, 0.5) is 4.39 Å². The lowest BCUT2D eigenvalue weighted by atomic mass is 10.1. The lowest BCUT2D eigenvalue weighted by Gasteiger charge is -2.18. The quantitative estimate of drug-likeness (QED) is 0.390. The van der Waals surface area contributed by atoms with Gasteiger partial charge < -0.3 is 4.90 Å². The molecule has 0 aliphatic rings. The first-order valence-corrected chi connectivity index (χ1v) is 11.0. The van der Waals surface area contributed by atoms with Crippen LogP contribution in [-0.2, 0) is 11.3 Å². The Bertz CT molecular complexity index is 1210. The van der Waals surface area contributed by atoms with E-state index in [2.05, 4.69) is 15.2 Å². The van der Waals surface area contributed by atoms with Crippen molar-refractivity contribution in [1.82, 2.24) is 24.6 Å². The van der Waals surface area contributed by atoms with Crippen molar-refractivity contribution in [3.63, 3.8) is 0 Å². The highest BCUT2D eigenvalue weighted by Crippen LogP contribution is 2.28. The molecule has 162 valence electrons. The molecule has 32 heavy (non-hydrogen) atoms. The number of aryl methyl sites for hydroxylation is 1. The molecule has 2 aromatic heterocycles. The van der Waals surface area contributed by atoms with Gasteiger partial charge in [0.05, 0.1) is 5.75 Å². The van der Waals surface area contributed by atoms with E-state index in [0.717, 1.165) is 16.7 Å². The molecule has 0 spiro atoms. The van der Waals surface area contributed by atoms with Gasteiger partial charge >= 0.3 is 0 Å². The molecule has 0 radical (unpaired) electrons. The minimum absolute atomic E-state index is 0.0163. The Balaban J connectivity index is 1.56. The summed E-state index contributed by atoms with van der Waals surface area (Å²) in [6, 6.07) is 17.8. The van der Waals surface area contributed by atoms with E-state index in [1.807, 2.05) is 47.9 Å². The molecule has 0 aliphatic heterocycles. The smallest absolute Gasteiger partial charge is 0.233 e. The van der Waals surface area contributed by atoms with Crippen LogP contribution in [0.15, 0.2) is 78.2 Å². The molecule has 0 saturated heterocycles. The van der Waals surface area contributed by atoms with Gasteiger partial charge in [-0.05, 0) is 54.4 Å². The predicted octanol–water partition coefficient (Wildman–Crippen LogP) is 4.53. The second-order valence-electron chi connectivity index (χ2n) is 7.32. The van der Waals surface area contributed by atoms with Crippen LogP contribution in [0.3, 0.4) is 0 Å². The summed E-state index contributed by atoms with van der Waals surface area (Å²) >= 11 is 1.30. The molecule has 0 saturated carbocycles. The molecule has 2 heterocycles. The molecule has 0 unspecified atom stereocenters. The van der Waals surface area contributed by atoms with Crippen LogP contribution < -0.4 is 0 Å². The molecule has 0 bridgehead atoms. The highest BCUT2D eigenvalue weighted by atomic mass is 32.2. The van der Waals surface area contributed by atoms with Gasteiger partial charge in [-0.2, -0.15) is 0 Å². The third-order valence-corrected chi connectivity index (χ3v) is 5.99.